The minimum Gasteiger partial charge on any atom is -0.462 e. The molecule has 0 amide bonds. The molecular weight excluding hydrogens is 312 g/mol. The molecule has 0 aliphatic carbocycles. The highest BCUT2D eigenvalue weighted by atomic mass is 35.5. The Kier molecular flexibility index (Phi) is 6.06. The highest BCUT2D eigenvalue weighted by molar-refractivity contribution is 6.33. The number of Topliss-reactive ketones (excluding diaryl/α,β-unsaturated/α-hetero) is 1. The number of esters is 1. The molecule has 0 fully saturated rings. The first-order valence-corrected chi connectivity index (χ1v) is 6.69. The van der Waals surface area contributed by atoms with E-state index in [2.05, 4.69) is 0 Å². The Morgan fingerprint density at radius 3 is 2.50 bits per heavy atom. The van der Waals surface area contributed by atoms with E-state index in [1.165, 1.54) is 17.2 Å². The lowest BCUT2D eigenvalue weighted by Gasteiger charge is -2.11. The predicted octanol–water partition coefficient (Wildman–Crippen LogP) is 2.44. The number of halogens is 1. The van der Waals surface area contributed by atoms with Crippen LogP contribution < -0.4 is 0 Å². The summed E-state index contributed by atoms with van der Waals surface area (Å²) in [5.74, 6) is -1.39. The maximum Gasteiger partial charge on any atom is 0.343 e. The fourth-order valence-electron chi connectivity index (χ4n) is 1.62. The Labute approximate surface area is 132 Å². The minimum atomic E-state index is -0.768. The van der Waals surface area contributed by atoms with E-state index >= 15 is 0 Å². The number of ether oxygens (including phenoxy) is 1. The van der Waals surface area contributed by atoms with Crippen molar-refractivity contribution in [3.05, 3.63) is 50.7 Å². The highest BCUT2D eigenvalue weighted by Gasteiger charge is 2.23. The summed E-state index contributed by atoms with van der Waals surface area (Å²) in [5, 5.41) is 10.5. The number of carbonyl (C=O) groups is 2. The molecule has 0 aliphatic rings. The molecule has 0 atom stereocenters. The number of nitrogens with zero attached hydrogens (tertiary/aromatic N) is 2. The number of nitro groups is 1. The third-order valence-electron chi connectivity index (χ3n) is 2.53. The van der Waals surface area contributed by atoms with Crippen molar-refractivity contribution < 1.29 is 19.2 Å². The molecule has 0 aromatic heterocycles. The first-order valence-electron chi connectivity index (χ1n) is 6.32. The predicted molar refractivity (Wildman–Crippen MR) is 80.8 cm³/mol. The second-order valence-electron chi connectivity index (χ2n) is 4.48. The molecule has 118 valence electrons. The summed E-state index contributed by atoms with van der Waals surface area (Å²) in [4.78, 5) is 35.9. The second kappa shape index (κ2) is 7.56. The fraction of sp³-hybridized carbons (Fsp3) is 0.286. The van der Waals surface area contributed by atoms with Crippen LogP contribution in [0, 0.1) is 10.1 Å². The molecule has 1 rings (SSSR count). The van der Waals surface area contributed by atoms with Gasteiger partial charge in [0.25, 0.3) is 5.69 Å². The maximum atomic E-state index is 12.4. The van der Waals surface area contributed by atoms with Gasteiger partial charge in [0.15, 0.2) is 0 Å². The summed E-state index contributed by atoms with van der Waals surface area (Å²) in [6.07, 6.45) is 1.33. The second-order valence-corrected chi connectivity index (χ2v) is 4.89. The topological polar surface area (TPSA) is 89.8 Å². The van der Waals surface area contributed by atoms with Crippen molar-refractivity contribution in [3.8, 4) is 0 Å². The van der Waals surface area contributed by atoms with E-state index < -0.39 is 16.7 Å². The van der Waals surface area contributed by atoms with Gasteiger partial charge < -0.3 is 9.64 Å². The number of ketones is 1. The van der Waals surface area contributed by atoms with Gasteiger partial charge in [0, 0.05) is 31.9 Å². The average molecular weight is 327 g/mol. The fourth-order valence-corrected chi connectivity index (χ4v) is 1.87. The van der Waals surface area contributed by atoms with Gasteiger partial charge in [-0.1, -0.05) is 11.6 Å². The maximum absolute atomic E-state index is 12.4. The van der Waals surface area contributed by atoms with E-state index in [9.17, 15) is 19.7 Å². The number of carbonyl (C=O) groups excluding carboxylic acids is 2. The van der Waals surface area contributed by atoms with Crippen molar-refractivity contribution in [1.82, 2.24) is 4.90 Å². The van der Waals surface area contributed by atoms with E-state index in [0.717, 1.165) is 12.1 Å². The summed E-state index contributed by atoms with van der Waals surface area (Å²) in [5.41, 5.74) is -0.430. The van der Waals surface area contributed by atoms with Crippen LogP contribution in [0.5, 0.6) is 0 Å². The summed E-state index contributed by atoms with van der Waals surface area (Å²) in [6.45, 7) is 1.75. The summed E-state index contributed by atoms with van der Waals surface area (Å²) in [6, 6.07) is 3.52. The molecule has 0 radical (unpaired) electrons. The van der Waals surface area contributed by atoms with Crippen LogP contribution >= 0.6 is 11.6 Å². The smallest absolute Gasteiger partial charge is 0.343 e. The molecule has 0 saturated carbocycles. The zero-order chi connectivity index (χ0) is 16.9. The van der Waals surface area contributed by atoms with Crippen molar-refractivity contribution >= 4 is 29.0 Å². The first kappa shape index (κ1) is 17.6. The Bertz CT molecular complexity index is 640. The average Bonchev–Trinajstić information content (AvgIpc) is 2.43. The number of hydrogen-bond acceptors (Lipinski definition) is 6. The van der Waals surface area contributed by atoms with E-state index in [4.69, 9.17) is 16.3 Å². The van der Waals surface area contributed by atoms with Crippen LogP contribution in [0.2, 0.25) is 5.02 Å². The normalized spacial score (nSPS) is 11.0. The Morgan fingerprint density at radius 1 is 1.41 bits per heavy atom. The lowest BCUT2D eigenvalue weighted by atomic mass is 10.0. The number of rotatable bonds is 6. The van der Waals surface area contributed by atoms with E-state index in [0.29, 0.717) is 0 Å². The molecule has 8 heteroatoms. The Hall–Kier alpha value is -2.41. The molecule has 22 heavy (non-hydrogen) atoms. The molecule has 0 unspecified atom stereocenters. The standard InChI is InChI=1S/C14H15ClN2O5/c1-4-22-14(19)10(8-16(2)3)13(18)9-5-6-12(17(20)21)11(15)7-9/h5-8H,4H2,1-3H3/b10-8-. The van der Waals surface area contributed by atoms with E-state index in [1.807, 2.05) is 0 Å². The molecule has 7 nitrogen and oxygen atoms in total. The zero-order valence-electron chi connectivity index (χ0n) is 12.3. The molecular formula is C14H15ClN2O5. The number of nitro benzene ring substituents is 1. The lowest BCUT2D eigenvalue weighted by Crippen LogP contribution is -2.19. The zero-order valence-corrected chi connectivity index (χ0v) is 13.1. The lowest BCUT2D eigenvalue weighted by molar-refractivity contribution is -0.384. The van der Waals surface area contributed by atoms with Crippen molar-refractivity contribution in [3.63, 3.8) is 0 Å². The van der Waals surface area contributed by atoms with Crippen LogP contribution in [-0.4, -0.2) is 42.3 Å². The van der Waals surface area contributed by atoms with Gasteiger partial charge in [-0.25, -0.2) is 4.79 Å². The van der Waals surface area contributed by atoms with Gasteiger partial charge in [-0.15, -0.1) is 0 Å². The molecule has 0 bridgehead atoms. The summed E-state index contributed by atoms with van der Waals surface area (Å²) in [7, 11) is 3.30. The van der Waals surface area contributed by atoms with Crippen LogP contribution in [0.15, 0.2) is 30.0 Å². The van der Waals surface area contributed by atoms with Gasteiger partial charge in [-0.05, 0) is 19.1 Å². The Morgan fingerprint density at radius 2 is 2.05 bits per heavy atom. The molecule has 0 saturated heterocycles. The van der Waals surface area contributed by atoms with Gasteiger partial charge in [-0.3, -0.25) is 14.9 Å². The monoisotopic (exact) mass is 326 g/mol. The van der Waals surface area contributed by atoms with Gasteiger partial charge in [-0.2, -0.15) is 0 Å². The number of benzene rings is 1. The first-order chi connectivity index (χ1) is 10.3. The molecule has 1 aromatic carbocycles. The molecule has 0 spiro atoms. The van der Waals surface area contributed by atoms with Gasteiger partial charge in [0.05, 0.1) is 11.5 Å². The number of hydrogen-bond donors (Lipinski definition) is 0. The van der Waals surface area contributed by atoms with E-state index in [1.54, 1.807) is 21.0 Å². The quantitative estimate of drug-likeness (QED) is 0.152. The van der Waals surface area contributed by atoms with E-state index in [-0.39, 0.29) is 28.5 Å². The highest BCUT2D eigenvalue weighted by Crippen LogP contribution is 2.26. The summed E-state index contributed by atoms with van der Waals surface area (Å²) >= 11 is 5.78. The largest absolute Gasteiger partial charge is 0.462 e. The van der Waals surface area contributed by atoms with Crippen LogP contribution in [0.3, 0.4) is 0 Å². The van der Waals surface area contributed by atoms with Crippen molar-refractivity contribution in [2.75, 3.05) is 20.7 Å². The van der Waals surface area contributed by atoms with Crippen LogP contribution in [0.25, 0.3) is 0 Å². The third-order valence-corrected chi connectivity index (χ3v) is 2.84. The Balaban J connectivity index is 3.22. The van der Waals surface area contributed by atoms with Crippen LogP contribution in [-0.2, 0) is 9.53 Å². The minimum absolute atomic E-state index is 0.0664. The van der Waals surface area contributed by atoms with Gasteiger partial charge in [0.1, 0.15) is 10.6 Å². The van der Waals surface area contributed by atoms with Gasteiger partial charge >= 0.3 is 5.97 Å². The molecule has 0 N–H and O–H groups in total. The molecule has 0 heterocycles. The van der Waals surface area contributed by atoms with Crippen LogP contribution in [0.4, 0.5) is 5.69 Å². The van der Waals surface area contributed by atoms with Crippen molar-refractivity contribution in [2.45, 2.75) is 6.92 Å². The third kappa shape index (κ3) is 4.29. The SMILES string of the molecule is CCOC(=O)/C(=C\N(C)C)C(=O)c1ccc([N+](=O)[O-])c(Cl)c1. The van der Waals surface area contributed by atoms with Crippen molar-refractivity contribution in [2.24, 2.45) is 0 Å². The van der Waals surface area contributed by atoms with Gasteiger partial charge in [0.2, 0.25) is 5.78 Å². The molecule has 1 aromatic rings. The molecule has 0 aliphatic heterocycles. The summed E-state index contributed by atoms with van der Waals surface area (Å²) < 4.78 is 4.84. The van der Waals surface area contributed by atoms with Crippen molar-refractivity contribution in [1.29, 1.82) is 0 Å². The van der Waals surface area contributed by atoms with Crippen LogP contribution in [0.1, 0.15) is 17.3 Å².